The fourth-order valence-electron chi connectivity index (χ4n) is 3.34. The topological polar surface area (TPSA) is 43.4 Å². The number of fused-ring (bicyclic) bond motifs is 2. The van der Waals surface area contributed by atoms with Crippen LogP contribution in [0.25, 0.3) is 0 Å². The van der Waals surface area contributed by atoms with Crippen molar-refractivity contribution < 1.29 is 14.0 Å². The summed E-state index contributed by atoms with van der Waals surface area (Å²) in [6.07, 6.45) is 0. The molecule has 128 valence electrons. The van der Waals surface area contributed by atoms with Gasteiger partial charge in [-0.15, -0.1) is 0 Å². The van der Waals surface area contributed by atoms with Gasteiger partial charge >= 0.3 is 0 Å². The van der Waals surface area contributed by atoms with Gasteiger partial charge in [0.15, 0.2) is 11.6 Å². The predicted octanol–water partition coefficient (Wildman–Crippen LogP) is 3.95. The molecule has 3 aromatic carbocycles. The summed E-state index contributed by atoms with van der Waals surface area (Å²) in [6.45, 7) is 4.23. The molecule has 0 radical (unpaired) electrons. The highest BCUT2D eigenvalue weighted by atomic mass is 28.4. The van der Waals surface area contributed by atoms with E-state index in [1.165, 1.54) is 5.19 Å². The Morgan fingerprint density at radius 2 is 1.19 bits per heavy atom. The van der Waals surface area contributed by atoms with Gasteiger partial charge in [-0.3, -0.25) is 9.59 Å². The number of benzene rings is 3. The molecule has 26 heavy (non-hydrogen) atoms. The third kappa shape index (κ3) is 2.68. The molecule has 0 atom stereocenters. The third-order valence-corrected chi connectivity index (χ3v) is 7.21. The second-order valence-corrected chi connectivity index (χ2v) is 10.7. The molecule has 3 nitrogen and oxygen atoms in total. The van der Waals surface area contributed by atoms with Crippen molar-refractivity contribution in [1.82, 2.24) is 0 Å². The lowest BCUT2D eigenvalue weighted by Gasteiger charge is -2.26. The number of hydrogen-bond donors (Lipinski definition) is 0. The Morgan fingerprint density at radius 3 is 1.85 bits per heavy atom. The fourth-order valence-corrected chi connectivity index (χ4v) is 5.16. The molecule has 3 aromatic rings. The predicted molar refractivity (Wildman–Crippen MR) is 104 cm³/mol. The van der Waals surface area contributed by atoms with Crippen LogP contribution in [0.2, 0.25) is 13.1 Å². The van der Waals surface area contributed by atoms with Gasteiger partial charge in [0.25, 0.3) is 8.32 Å². The maximum Gasteiger partial charge on any atom is 0.276 e. The van der Waals surface area contributed by atoms with Crippen LogP contribution in [0, 0.1) is 0 Å². The number of rotatable bonds is 3. The van der Waals surface area contributed by atoms with Crippen LogP contribution >= 0.6 is 0 Å². The van der Waals surface area contributed by atoms with Gasteiger partial charge in [-0.2, -0.15) is 0 Å². The van der Waals surface area contributed by atoms with E-state index in [1.807, 2.05) is 18.2 Å². The van der Waals surface area contributed by atoms with Crippen molar-refractivity contribution in [3.8, 4) is 5.75 Å². The molecule has 0 saturated heterocycles. The Bertz CT molecular complexity index is 1020. The smallest absolute Gasteiger partial charge is 0.276 e. The van der Waals surface area contributed by atoms with Crippen LogP contribution in [0.15, 0.2) is 72.8 Å². The largest absolute Gasteiger partial charge is 0.540 e. The Morgan fingerprint density at radius 1 is 0.654 bits per heavy atom. The summed E-state index contributed by atoms with van der Waals surface area (Å²) in [5.74, 6) is 0.394. The Balaban J connectivity index is 1.72. The molecule has 1 aliphatic carbocycles. The number of carbonyl (C=O) groups excluding carboxylic acids is 2. The minimum atomic E-state index is -2.17. The molecule has 0 spiro atoms. The summed E-state index contributed by atoms with van der Waals surface area (Å²) in [7, 11) is -2.17. The number of carbonyl (C=O) groups is 2. The monoisotopic (exact) mass is 358 g/mol. The molecule has 0 unspecified atom stereocenters. The zero-order valence-electron chi connectivity index (χ0n) is 14.7. The highest BCUT2D eigenvalue weighted by Crippen LogP contribution is 2.30. The van der Waals surface area contributed by atoms with E-state index < -0.39 is 8.32 Å². The minimum Gasteiger partial charge on any atom is -0.540 e. The van der Waals surface area contributed by atoms with Crippen LogP contribution in [0.4, 0.5) is 0 Å². The van der Waals surface area contributed by atoms with E-state index in [2.05, 4.69) is 25.2 Å². The summed E-state index contributed by atoms with van der Waals surface area (Å²) in [4.78, 5) is 25.5. The van der Waals surface area contributed by atoms with Crippen LogP contribution in [-0.2, 0) is 0 Å². The maximum atomic E-state index is 12.8. The Kier molecular flexibility index (Phi) is 3.85. The van der Waals surface area contributed by atoms with Crippen LogP contribution in [-0.4, -0.2) is 19.9 Å². The standard InChI is InChI=1S/C22H18O3Si/c1-26(2,16-8-4-3-5-9-16)25-15-12-13-19-20(14-15)22(24)18-11-7-6-10-17(18)21(19)23/h3-14H,1-2H3. The molecule has 0 fully saturated rings. The summed E-state index contributed by atoms with van der Waals surface area (Å²) in [6, 6.07) is 22.3. The van der Waals surface area contributed by atoms with E-state index in [0.29, 0.717) is 28.0 Å². The summed E-state index contributed by atoms with van der Waals surface area (Å²) in [5, 5.41) is 1.17. The van der Waals surface area contributed by atoms with E-state index >= 15 is 0 Å². The van der Waals surface area contributed by atoms with E-state index in [-0.39, 0.29) is 11.6 Å². The normalized spacial score (nSPS) is 13.2. The summed E-state index contributed by atoms with van der Waals surface area (Å²) in [5.41, 5.74) is 1.80. The zero-order chi connectivity index (χ0) is 18.3. The SMILES string of the molecule is C[Si](C)(Oc1ccc2c(c1)C(=O)c1ccccc1C2=O)c1ccccc1. The zero-order valence-corrected chi connectivity index (χ0v) is 15.7. The van der Waals surface area contributed by atoms with Crippen molar-refractivity contribution in [1.29, 1.82) is 0 Å². The van der Waals surface area contributed by atoms with Gasteiger partial charge in [0.05, 0.1) is 0 Å². The molecule has 4 rings (SSSR count). The number of ketones is 2. The molecule has 1 aliphatic rings. The molecule has 0 bridgehead atoms. The van der Waals surface area contributed by atoms with Crippen LogP contribution < -0.4 is 9.61 Å². The molecular weight excluding hydrogens is 340 g/mol. The van der Waals surface area contributed by atoms with Crippen molar-refractivity contribution >= 4 is 25.1 Å². The van der Waals surface area contributed by atoms with Gasteiger partial charge in [0.2, 0.25) is 0 Å². The van der Waals surface area contributed by atoms with Crippen molar-refractivity contribution in [2.24, 2.45) is 0 Å². The van der Waals surface area contributed by atoms with E-state index in [4.69, 9.17) is 4.43 Å². The average Bonchev–Trinajstić information content (AvgIpc) is 2.66. The summed E-state index contributed by atoms with van der Waals surface area (Å²) < 4.78 is 6.30. The average molecular weight is 358 g/mol. The molecular formula is C22H18O3Si. The lowest BCUT2D eigenvalue weighted by Crippen LogP contribution is -2.47. The molecule has 0 aliphatic heterocycles. The third-order valence-electron chi connectivity index (χ3n) is 4.74. The van der Waals surface area contributed by atoms with Crippen molar-refractivity contribution in [3.05, 3.63) is 95.1 Å². The summed E-state index contributed by atoms with van der Waals surface area (Å²) >= 11 is 0. The first-order chi connectivity index (χ1) is 12.5. The van der Waals surface area contributed by atoms with E-state index in [9.17, 15) is 9.59 Å². The molecule has 0 heterocycles. The minimum absolute atomic E-state index is 0.110. The first-order valence-corrected chi connectivity index (χ1v) is 11.5. The highest BCUT2D eigenvalue weighted by molar-refractivity contribution is 6.84. The molecule has 0 aromatic heterocycles. The quantitative estimate of drug-likeness (QED) is 0.521. The molecule has 4 heteroatoms. The fraction of sp³-hybridized carbons (Fsp3) is 0.0909. The van der Waals surface area contributed by atoms with Gasteiger partial charge in [0, 0.05) is 22.3 Å². The van der Waals surface area contributed by atoms with Crippen molar-refractivity contribution in [2.75, 3.05) is 0 Å². The highest BCUT2D eigenvalue weighted by Gasteiger charge is 2.31. The second-order valence-electron chi connectivity index (χ2n) is 6.89. The lowest BCUT2D eigenvalue weighted by atomic mass is 9.84. The number of hydrogen-bond acceptors (Lipinski definition) is 3. The lowest BCUT2D eigenvalue weighted by molar-refractivity contribution is 0.0979. The first kappa shape index (κ1) is 16.5. The molecule has 0 saturated carbocycles. The molecule has 0 amide bonds. The van der Waals surface area contributed by atoms with Crippen LogP contribution in [0.5, 0.6) is 5.75 Å². The Labute approximate surface area is 153 Å². The molecule has 0 N–H and O–H groups in total. The van der Waals surface area contributed by atoms with Crippen molar-refractivity contribution in [2.45, 2.75) is 13.1 Å². The van der Waals surface area contributed by atoms with E-state index in [0.717, 1.165) is 0 Å². The van der Waals surface area contributed by atoms with Gasteiger partial charge in [0.1, 0.15) is 5.75 Å². The first-order valence-electron chi connectivity index (χ1n) is 8.54. The van der Waals surface area contributed by atoms with Gasteiger partial charge in [-0.05, 0) is 36.5 Å². The van der Waals surface area contributed by atoms with E-state index in [1.54, 1.807) is 42.5 Å². The van der Waals surface area contributed by atoms with Crippen LogP contribution in [0.1, 0.15) is 31.8 Å². The van der Waals surface area contributed by atoms with Gasteiger partial charge < -0.3 is 4.43 Å². The van der Waals surface area contributed by atoms with Crippen molar-refractivity contribution in [3.63, 3.8) is 0 Å². The maximum absolute atomic E-state index is 12.8. The van der Waals surface area contributed by atoms with Crippen LogP contribution in [0.3, 0.4) is 0 Å². The Hall–Kier alpha value is -2.98. The van der Waals surface area contributed by atoms with Gasteiger partial charge in [-0.25, -0.2) is 0 Å². The van der Waals surface area contributed by atoms with Gasteiger partial charge in [-0.1, -0.05) is 54.6 Å². The second kappa shape index (κ2) is 6.07.